The number of carbonyl (C=O) groups excluding carboxylic acids is 1. The van der Waals surface area contributed by atoms with Gasteiger partial charge in [0.1, 0.15) is 0 Å². The maximum Gasteiger partial charge on any atom is 0.217 e. The molecule has 1 rings (SSSR count). The van der Waals surface area contributed by atoms with Gasteiger partial charge < -0.3 is 11.1 Å². The smallest absolute Gasteiger partial charge is 0.217 e. The van der Waals surface area contributed by atoms with Gasteiger partial charge in [0, 0.05) is 12.5 Å². The molecule has 1 aromatic carbocycles. The van der Waals surface area contributed by atoms with E-state index in [0.717, 1.165) is 19.4 Å². The second kappa shape index (κ2) is 7.88. The summed E-state index contributed by atoms with van der Waals surface area (Å²) in [5, 5.41) is 3.40. The van der Waals surface area contributed by atoms with E-state index in [-0.39, 0.29) is 5.91 Å². The van der Waals surface area contributed by atoms with Crippen molar-refractivity contribution in [3.63, 3.8) is 0 Å². The van der Waals surface area contributed by atoms with E-state index >= 15 is 0 Å². The molecule has 0 spiro atoms. The quantitative estimate of drug-likeness (QED) is 0.695. The molecule has 3 nitrogen and oxygen atoms in total. The Hall–Kier alpha value is -1.35. The number of nitrogens with one attached hydrogen (secondary N) is 1. The van der Waals surface area contributed by atoms with Crippen molar-refractivity contribution < 1.29 is 4.79 Å². The number of hydrogen-bond donors (Lipinski definition) is 2. The van der Waals surface area contributed by atoms with Crippen molar-refractivity contribution in [2.24, 2.45) is 5.73 Å². The zero-order valence-corrected chi connectivity index (χ0v) is 11.4. The Morgan fingerprint density at radius 2 is 2.00 bits per heavy atom. The SMILES string of the molecule is CCCc1ccc(C(C)NCCCC(N)=O)cc1. The zero-order chi connectivity index (χ0) is 13.4. The highest BCUT2D eigenvalue weighted by Crippen LogP contribution is 2.14. The molecule has 18 heavy (non-hydrogen) atoms. The molecule has 3 N–H and O–H groups in total. The first kappa shape index (κ1) is 14.7. The summed E-state index contributed by atoms with van der Waals surface area (Å²) in [6.45, 7) is 5.15. The van der Waals surface area contributed by atoms with Gasteiger partial charge in [-0.3, -0.25) is 4.79 Å². The van der Waals surface area contributed by atoms with E-state index in [1.807, 2.05) is 0 Å². The summed E-state index contributed by atoms with van der Waals surface area (Å²) in [6.07, 6.45) is 3.57. The van der Waals surface area contributed by atoms with Crippen LogP contribution in [0.25, 0.3) is 0 Å². The Bertz CT molecular complexity index is 359. The summed E-state index contributed by atoms with van der Waals surface area (Å²) < 4.78 is 0. The van der Waals surface area contributed by atoms with Crippen molar-refractivity contribution in [1.82, 2.24) is 5.32 Å². The van der Waals surface area contributed by atoms with Gasteiger partial charge in [0.05, 0.1) is 0 Å². The van der Waals surface area contributed by atoms with E-state index in [2.05, 4.69) is 43.4 Å². The van der Waals surface area contributed by atoms with Crippen molar-refractivity contribution in [3.05, 3.63) is 35.4 Å². The molecule has 1 amide bonds. The molecule has 0 radical (unpaired) electrons. The Morgan fingerprint density at radius 1 is 1.33 bits per heavy atom. The lowest BCUT2D eigenvalue weighted by molar-refractivity contribution is -0.118. The van der Waals surface area contributed by atoms with Crippen molar-refractivity contribution in [2.75, 3.05) is 6.54 Å². The van der Waals surface area contributed by atoms with E-state index in [9.17, 15) is 4.79 Å². The largest absolute Gasteiger partial charge is 0.370 e. The van der Waals surface area contributed by atoms with E-state index in [1.54, 1.807) is 0 Å². The van der Waals surface area contributed by atoms with Gasteiger partial charge in [0.15, 0.2) is 0 Å². The lowest BCUT2D eigenvalue weighted by Gasteiger charge is -2.14. The standard InChI is InChI=1S/C15H24N2O/c1-3-5-13-7-9-14(10-8-13)12(2)17-11-4-6-15(16)18/h7-10,12,17H,3-6,11H2,1-2H3,(H2,16,18). The monoisotopic (exact) mass is 248 g/mol. The Balaban J connectivity index is 2.36. The lowest BCUT2D eigenvalue weighted by atomic mass is 10.0. The minimum absolute atomic E-state index is 0.228. The van der Waals surface area contributed by atoms with Crippen molar-refractivity contribution in [1.29, 1.82) is 0 Å². The lowest BCUT2D eigenvalue weighted by Crippen LogP contribution is -2.21. The van der Waals surface area contributed by atoms with Crippen LogP contribution in [0.4, 0.5) is 0 Å². The number of aryl methyl sites for hydroxylation is 1. The number of amides is 1. The summed E-state index contributed by atoms with van der Waals surface area (Å²) in [6, 6.07) is 9.06. The molecule has 0 saturated heterocycles. The number of nitrogens with two attached hydrogens (primary N) is 1. The zero-order valence-electron chi connectivity index (χ0n) is 11.4. The molecule has 0 saturated carbocycles. The molecule has 0 aliphatic heterocycles. The predicted octanol–water partition coefficient (Wildman–Crippen LogP) is 2.56. The van der Waals surface area contributed by atoms with Crippen LogP contribution in [0.5, 0.6) is 0 Å². The summed E-state index contributed by atoms with van der Waals surface area (Å²) in [5.74, 6) is -0.228. The molecule has 0 aliphatic rings. The Labute approximate surface area is 110 Å². The molecule has 0 bridgehead atoms. The van der Waals surface area contributed by atoms with Crippen LogP contribution in [0, 0.1) is 0 Å². The summed E-state index contributed by atoms with van der Waals surface area (Å²) in [7, 11) is 0. The summed E-state index contributed by atoms with van der Waals surface area (Å²) >= 11 is 0. The van der Waals surface area contributed by atoms with Crippen LogP contribution < -0.4 is 11.1 Å². The van der Waals surface area contributed by atoms with Crippen molar-refractivity contribution in [2.45, 2.75) is 45.6 Å². The van der Waals surface area contributed by atoms with Crippen LogP contribution >= 0.6 is 0 Å². The van der Waals surface area contributed by atoms with Crippen LogP contribution in [-0.4, -0.2) is 12.5 Å². The van der Waals surface area contributed by atoms with Crippen molar-refractivity contribution >= 4 is 5.91 Å². The molecule has 0 aliphatic carbocycles. The number of primary amides is 1. The van der Waals surface area contributed by atoms with Gasteiger partial charge in [0.25, 0.3) is 0 Å². The van der Waals surface area contributed by atoms with Gasteiger partial charge >= 0.3 is 0 Å². The molecule has 1 aromatic rings. The molecule has 100 valence electrons. The van der Waals surface area contributed by atoms with Gasteiger partial charge in [-0.25, -0.2) is 0 Å². The minimum atomic E-state index is -0.228. The van der Waals surface area contributed by atoms with E-state index in [1.165, 1.54) is 17.5 Å². The van der Waals surface area contributed by atoms with Crippen LogP contribution in [0.2, 0.25) is 0 Å². The third-order valence-electron chi connectivity index (χ3n) is 3.07. The predicted molar refractivity (Wildman–Crippen MR) is 75.3 cm³/mol. The molecule has 1 unspecified atom stereocenters. The number of rotatable bonds is 8. The Kier molecular flexibility index (Phi) is 6.44. The third-order valence-corrected chi connectivity index (χ3v) is 3.07. The first-order valence-electron chi connectivity index (χ1n) is 6.74. The number of hydrogen-bond acceptors (Lipinski definition) is 2. The van der Waals surface area contributed by atoms with Gasteiger partial charge in [-0.2, -0.15) is 0 Å². The van der Waals surface area contributed by atoms with Gasteiger partial charge in [-0.05, 0) is 37.4 Å². The highest BCUT2D eigenvalue weighted by atomic mass is 16.1. The van der Waals surface area contributed by atoms with Crippen LogP contribution in [-0.2, 0) is 11.2 Å². The van der Waals surface area contributed by atoms with Crippen LogP contribution in [0.3, 0.4) is 0 Å². The Morgan fingerprint density at radius 3 is 2.56 bits per heavy atom. The van der Waals surface area contributed by atoms with Gasteiger partial charge in [-0.15, -0.1) is 0 Å². The minimum Gasteiger partial charge on any atom is -0.370 e. The average molecular weight is 248 g/mol. The molecule has 0 aromatic heterocycles. The van der Waals surface area contributed by atoms with E-state index in [0.29, 0.717) is 12.5 Å². The summed E-state index contributed by atoms with van der Waals surface area (Å²) in [4.78, 5) is 10.6. The number of carbonyl (C=O) groups is 1. The first-order valence-corrected chi connectivity index (χ1v) is 6.74. The van der Waals surface area contributed by atoms with E-state index in [4.69, 9.17) is 5.73 Å². The third kappa shape index (κ3) is 5.32. The fraction of sp³-hybridized carbons (Fsp3) is 0.533. The van der Waals surface area contributed by atoms with Crippen molar-refractivity contribution in [3.8, 4) is 0 Å². The molecule has 3 heteroatoms. The summed E-state index contributed by atoms with van der Waals surface area (Å²) in [5.41, 5.74) is 7.78. The average Bonchev–Trinajstić information content (AvgIpc) is 2.35. The maximum absolute atomic E-state index is 10.6. The first-order chi connectivity index (χ1) is 8.63. The van der Waals surface area contributed by atoms with Crippen LogP contribution in [0.15, 0.2) is 24.3 Å². The van der Waals surface area contributed by atoms with Gasteiger partial charge in [-0.1, -0.05) is 37.6 Å². The number of benzene rings is 1. The second-order valence-electron chi connectivity index (χ2n) is 4.74. The molecule has 0 fully saturated rings. The fourth-order valence-electron chi connectivity index (χ4n) is 1.96. The van der Waals surface area contributed by atoms with E-state index < -0.39 is 0 Å². The maximum atomic E-state index is 10.6. The highest BCUT2D eigenvalue weighted by Gasteiger charge is 2.04. The van der Waals surface area contributed by atoms with Gasteiger partial charge in [0.2, 0.25) is 5.91 Å². The topological polar surface area (TPSA) is 55.1 Å². The second-order valence-corrected chi connectivity index (χ2v) is 4.74. The fourth-order valence-corrected chi connectivity index (χ4v) is 1.96. The molecule has 0 heterocycles. The van der Waals surface area contributed by atoms with Crippen LogP contribution in [0.1, 0.15) is 50.3 Å². The highest BCUT2D eigenvalue weighted by molar-refractivity contribution is 5.73. The normalized spacial score (nSPS) is 12.3. The molecular weight excluding hydrogens is 224 g/mol. The molecule has 1 atom stereocenters. The molecular formula is C15H24N2O.